The van der Waals surface area contributed by atoms with Crippen molar-refractivity contribution in [3.63, 3.8) is 0 Å². The van der Waals surface area contributed by atoms with Gasteiger partial charge in [0, 0.05) is 18.3 Å². The van der Waals surface area contributed by atoms with Crippen molar-refractivity contribution in [2.45, 2.75) is 64.1 Å². The van der Waals surface area contributed by atoms with Crippen LogP contribution in [-0.4, -0.2) is 39.3 Å². The Morgan fingerprint density at radius 1 is 1.24 bits per heavy atom. The molecule has 0 saturated heterocycles. The molecule has 1 aliphatic rings. The fourth-order valence-corrected chi connectivity index (χ4v) is 2.83. The molecule has 0 amide bonds. The standard InChI is InChI=1S/C20H30O5/c1-15(21)7-6-8-17(22)13-11-16-12-14-19(23)18(16)9-4-2-3-5-10-20(24)25/h2,4,11-18,21-22H,3,5-10H2,1H3,(H,24,25)/b4-2-,13-11+/t15?,16-,17-,18+/m0/s1. The van der Waals surface area contributed by atoms with Gasteiger partial charge in [-0.25, -0.2) is 0 Å². The van der Waals surface area contributed by atoms with Crippen LogP contribution in [0, 0.1) is 11.8 Å². The number of rotatable bonds is 12. The van der Waals surface area contributed by atoms with Crippen LogP contribution >= 0.6 is 0 Å². The van der Waals surface area contributed by atoms with Gasteiger partial charge in [-0.1, -0.05) is 30.4 Å². The maximum Gasteiger partial charge on any atom is 0.303 e. The molecule has 25 heavy (non-hydrogen) atoms. The lowest BCUT2D eigenvalue weighted by Crippen LogP contribution is -2.14. The summed E-state index contributed by atoms with van der Waals surface area (Å²) in [6.07, 6.45) is 14.1. The number of carbonyl (C=O) groups excluding carboxylic acids is 1. The molecule has 140 valence electrons. The molecule has 0 saturated carbocycles. The zero-order valence-corrected chi connectivity index (χ0v) is 14.9. The monoisotopic (exact) mass is 350 g/mol. The SMILES string of the molecule is CC(O)CCC[C@H](O)/C=C/[C@H]1C=CC(=O)[C@@H]1C/C=C\CCCC(=O)O. The van der Waals surface area contributed by atoms with Crippen molar-refractivity contribution in [1.29, 1.82) is 0 Å². The number of hydrogen-bond acceptors (Lipinski definition) is 4. The second kappa shape index (κ2) is 11.8. The van der Waals surface area contributed by atoms with Gasteiger partial charge in [0.05, 0.1) is 12.2 Å². The number of carbonyl (C=O) groups is 2. The molecule has 4 atom stereocenters. The number of aliphatic hydroxyl groups is 2. The van der Waals surface area contributed by atoms with Crippen molar-refractivity contribution in [2.75, 3.05) is 0 Å². The first-order valence-electron chi connectivity index (χ1n) is 9.03. The van der Waals surface area contributed by atoms with Gasteiger partial charge in [0.1, 0.15) is 0 Å². The van der Waals surface area contributed by atoms with Gasteiger partial charge >= 0.3 is 5.97 Å². The lowest BCUT2D eigenvalue weighted by molar-refractivity contribution is -0.137. The third-order valence-corrected chi connectivity index (χ3v) is 4.31. The van der Waals surface area contributed by atoms with Crippen LogP contribution in [0.25, 0.3) is 0 Å². The minimum absolute atomic E-state index is 0.0115. The predicted octanol–water partition coefficient (Wildman–Crippen LogP) is 3.03. The van der Waals surface area contributed by atoms with Gasteiger partial charge in [-0.3, -0.25) is 9.59 Å². The Morgan fingerprint density at radius 3 is 2.68 bits per heavy atom. The lowest BCUT2D eigenvalue weighted by Gasteiger charge is -2.13. The van der Waals surface area contributed by atoms with E-state index in [1.165, 1.54) is 0 Å². The quantitative estimate of drug-likeness (QED) is 0.371. The smallest absolute Gasteiger partial charge is 0.303 e. The first kappa shape index (κ1) is 21.3. The summed E-state index contributed by atoms with van der Waals surface area (Å²) in [7, 11) is 0. The number of ketones is 1. The molecule has 1 aliphatic carbocycles. The number of unbranched alkanes of at least 4 members (excludes halogenated alkanes) is 1. The summed E-state index contributed by atoms with van der Waals surface area (Å²) in [6, 6.07) is 0. The minimum Gasteiger partial charge on any atom is -0.481 e. The molecule has 0 bridgehead atoms. The molecule has 0 fully saturated rings. The van der Waals surface area contributed by atoms with E-state index in [1.807, 2.05) is 24.3 Å². The molecule has 0 aliphatic heterocycles. The Hall–Kier alpha value is -1.72. The van der Waals surface area contributed by atoms with Crippen molar-refractivity contribution in [1.82, 2.24) is 0 Å². The van der Waals surface area contributed by atoms with E-state index in [1.54, 1.807) is 19.1 Å². The molecule has 0 spiro atoms. The van der Waals surface area contributed by atoms with Gasteiger partial charge in [-0.15, -0.1) is 0 Å². The Bertz CT molecular complexity index is 504. The minimum atomic E-state index is -0.791. The summed E-state index contributed by atoms with van der Waals surface area (Å²) in [4.78, 5) is 22.4. The van der Waals surface area contributed by atoms with Crippen LogP contribution in [-0.2, 0) is 9.59 Å². The summed E-state index contributed by atoms with van der Waals surface area (Å²) in [5.41, 5.74) is 0. The average Bonchev–Trinajstić information content (AvgIpc) is 2.88. The zero-order chi connectivity index (χ0) is 18.7. The van der Waals surface area contributed by atoms with E-state index >= 15 is 0 Å². The lowest BCUT2D eigenvalue weighted by atomic mass is 9.90. The van der Waals surface area contributed by atoms with Crippen LogP contribution in [0.5, 0.6) is 0 Å². The highest BCUT2D eigenvalue weighted by Crippen LogP contribution is 2.27. The third kappa shape index (κ3) is 9.37. The fraction of sp³-hybridized carbons (Fsp3) is 0.600. The fourth-order valence-electron chi connectivity index (χ4n) is 2.83. The highest BCUT2D eigenvalue weighted by molar-refractivity contribution is 5.95. The Kier molecular flexibility index (Phi) is 10.0. The van der Waals surface area contributed by atoms with Gasteiger partial charge in [-0.05, 0) is 51.5 Å². The second-order valence-corrected chi connectivity index (χ2v) is 6.67. The normalized spacial score (nSPS) is 22.9. The molecule has 0 heterocycles. The van der Waals surface area contributed by atoms with E-state index in [0.717, 1.165) is 6.42 Å². The molecule has 0 aromatic heterocycles. The van der Waals surface area contributed by atoms with Crippen LogP contribution in [0.1, 0.15) is 51.9 Å². The largest absolute Gasteiger partial charge is 0.481 e. The number of hydrogen-bond donors (Lipinski definition) is 3. The third-order valence-electron chi connectivity index (χ3n) is 4.31. The topological polar surface area (TPSA) is 94.8 Å². The number of allylic oxidation sites excluding steroid dienone is 5. The highest BCUT2D eigenvalue weighted by atomic mass is 16.4. The second-order valence-electron chi connectivity index (χ2n) is 6.67. The molecular formula is C20H30O5. The summed E-state index contributed by atoms with van der Waals surface area (Å²) in [5, 5.41) is 27.7. The van der Waals surface area contributed by atoms with E-state index in [0.29, 0.717) is 32.1 Å². The number of aliphatic hydroxyl groups excluding tert-OH is 2. The van der Waals surface area contributed by atoms with Gasteiger partial charge in [0.2, 0.25) is 0 Å². The van der Waals surface area contributed by atoms with E-state index in [-0.39, 0.29) is 30.1 Å². The number of carboxylic acids is 1. The zero-order valence-electron chi connectivity index (χ0n) is 14.9. The van der Waals surface area contributed by atoms with E-state index in [9.17, 15) is 19.8 Å². The first-order valence-corrected chi connectivity index (χ1v) is 9.03. The highest BCUT2D eigenvalue weighted by Gasteiger charge is 2.27. The van der Waals surface area contributed by atoms with Crippen LogP contribution in [0.2, 0.25) is 0 Å². The molecule has 5 heteroatoms. The maximum atomic E-state index is 12.0. The molecule has 0 aromatic rings. The maximum absolute atomic E-state index is 12.0. The summed E-state index contributed by atoms with van der Waals surface area (Å²) >= 11 is 0. The van der Waals surface area contributed by atoms with Gasteiger partial charge in [-0.2, -0.15) is 0 Å². The van der Waals surface area contributed by atoms with Crippen molar-refractivity contribution in [3.05, 3.63) is 36.5 Å². The number of aliphatic carboxylic acids is 1. The summed E-state index contributed by atoms with van der Waals surface area (Å²) < 4.78 is 0. The van der Waals surface area contributed by atoms with Gasteiger partial charge in [0.25, 0.3) is 0 Å². The molecule has 5 nitrogen and oxygen atoms in total. The Balaban J connectivity index is 2.38. The van der Waals surface area contributed by atoms with Crippen LogP contribution in [0.15, 0.2) is 36.5 Å². The molecule has 1 unspecified atom stereocenters. The molecular weight excluding hydrogens is 320 g/mol. The van der Waals surface area contributed by atoms with Gasteiger partial charge in [0.15, 0.2) is 5.78 Å². The van der Waals surface area contributed by atoms with Gasteiger partial charge < -0.3 is 15.3 Å². The summed E-state index contributed by atoms with van der Waals surface area (Å²) in [6.45, 7) is 1.73. The van der Waals surface area contributed by atoms with Crippen molar-refractivity contribution in [3.8, 4) is 0 Å². The van der Waals surface area contributed by atoms with E-state index in [2.05, 4.69) is 0 Å². The van der Waals surface area contributed by atoms with Crippen molar-refractivity contribution < 1.29 is 24.9 Å². The molecule has 3 N–H and O–H groups in total. The van der Waals surface area contributed by atoms with Crippen LogP contribution in [0.4, 0.5) is 0 Å². The average molecular weight is 350 g/mol. The Morgan fingerprint density at radius 2 is 2.00 bits per heavy atom. The van der Waals surface area contributed by atoms with Crippen molar-refractivity contribution in [2.24, 2.45) is 11.8 Å². The van der Waals surface area contributed by atoms with Crippen LogP contribution in [0.3, 0.4) is 0 Å². The van der Waals surface area contributed by atoms with Crippen LogP contribution < -0.4 is 0 Å². The van der Waals surface area contributed by atoms with E-state index in [4.69, 9.17) is 5.11 Å². The number of carboxylic acid groups (broad SMARTS) is 1. The molecule has 0 radical (unpaired) electrons. The molecule has 0 aromatic carbocycles. The predicted molar refractivity (Wildman–Crippen MR) is 97.0 cm³/mol. The van der Waals surface area contributed by atoms with E-state index < -0.39 is 12.1 Å². The molecule has 1 rings (SSSR count). The first-order chi connectivity index (χ1) is 11.9. The summed E-state index contributed by atoms with van der Waals surface area (Å²) in [5.74, 6) is -0.853. The van der Waals surface area contributed by atoms with Crippen molar-refractivity contribution >= 4 is 11.8 Å². The Labute approximate surface area is 149 Å².